The van der Waals surface area contributed by atoms with Crippen molar-refractivity contribution in [2.75, 3.05) is 11.1 Å². The Morgan fingerprint density at radius 2 is 1.62 bits per heavy atom. The van der Waals surface area contributed by atoms with E-state index in [0.29, 0.717) is 33.7 Å². The number of hydrogen-bond donors (Lipinski definition) is 1. The van der Waals surface area contributed by atoms with Crippen LogP contribution in [0.2, 0.25) is 5.02 Å². The molecule has 1 N–H and O–H groups in total. The first-order valence-corrected chi connectivity index (χ1v) is 10.1. The number of carbonyl (C=O) groups excluding carboxylic acids is 1. The first-order chi connectivity index (χ1) is 14.9. The third-order valence-electron chi connectivity index (χ3n) is 4.15. The maximum atomic E-state index is 12.9. The normalized spacial score (nSPS) is 12.1. The van der Waals surface area contributed by atoms with Gasteiger partial charge >= 0.3 is 12.4 Å². The van der Waals surface area contributed by atoms with Crippen molar-refractivity contribution in [3.05, 3.63) is 58.6 Å². The molecule has 0 fully saturated rings. The maximum absolute atomic E-state index is 12.9. The molecule has 0 unspecified atom stereocenters. The summed E-state index contributed by atoms with van der Waals surface area (Å²) in [4.78, 5) is 12.2. The number of thioether (sulfide) groups is 1. The topological polar surface area (TPSA) is 59.8 Å². The fourth-order valence-corrected chi connectivity index (χ4v) is 3.60. The van der Waals surface area contributed by atoms with Gasteiger partial charge in [-0.3, -0.25) is 4.79 Å². The molecule has 0 aliphatic heterocycles. The Morgan fingerprint density at radius 3 is 2.19 bits per heavy atom. The first-order valence-electron chi connectivity index (χ1n) is 8.72. The van der Waals surface area contributed by atoms with Crippen molar-refractivity contribution in [3.8, 4) is 11.4 Å². The fourth-order valence-electron chi connectivity index (χ4n) is 2.67. The van der Waals surface area contributed by atoms with Crippen LogP contribution in [0.25, 0.3) is 11.4 Å². The van der Waals surface area contributed by atoms with Gasteiger partial charge in [0.05, 0.1) is 21.9 Å². The van der Waals surface area contributed by atoms with E-state index in [4.69, 9.17) is 11.6 Å². The van der Waals surface area contributed by atoms with Gasteiger partial charge in [0.2, 0.25) is 5.91 Å². The van der Waals surface area contributed by atoms with Crippen LogP contribution in [0.4, 0.5) is 32.0 Å². The van der Waals surface area contributed by atoms with Crippen molar-refractivity contribution >= 4 is 35.0 Å². The minimum absolute atomic E-state index is 0.0137. The highest BCUT2D eigenvalue weighted by molar-refractivity contribution is 7.99. The molecule has 0 bridgehead atoms. The Bertz CT molecular complexity index is 1110. The highest BCUT2D eigenvalue weighted by Gasteiger charge is 2.37. The summed E-state index contributed by atoms with van der Waals surface area (Å²) in [6.45, 7) is 0. The minimum atomic E-state index is -5.01. The molecule has 0 radical (unpaired) electrons. The molecule has 3 rings (SSSR count). The second-order valence-electron chi connectivity index (χ2n) is 6.48. The van der Waals surface area contributed by atoms with E-state index in [1.807, 2.05) is 0 Å². The molecule has 0 atom stereocenters. The number of alkyl halides is 6. The molecule has 0 spiro atoms. The highest BCUT2D eigenvalue weighted by atomic mass is 35.5. The summed E-state index contributed by atoms with van der Waals surface area (Å²) in [5.41, 5.74) is -3.06. The summed E-state index contributed by atoms with van der Waals surface area (Å²) in [6.07, 6.45) is -10.0. The van der Waals surface area contributed by atoms with Gasteiger partial charge in [-0.2, -0.15) is 26.3 Å². The Labute approximate surface area is 186 Å². The van der Waals surface area contributed by atoms with Crippen molar-refractivity contribution in [3.63, 3.8) is 0 Å². The van der Waals surface area contributed by atoms with Crippen molar-refractivity contribution in [1.29, 1.82) is 0 Å². The average Bonchev–Trinajstić information content (AvgIpc) is 3.05. The lowest BCUT2D eigenvalue weighted by atomic mass is 10.1. The zero-order valence-electron chi connectivity index (χ0n) is 16.1. The molecule has 5 nitrogen and oxygen atoms in total. The minimum Gasteiger partial charge on any atom is -0.325 e. The molecule has 0 saturated carbocycles. The van der Waals surface area contributed by atoms with Crippen molar-refractivity contribution in [2.45, 2.75) is 17.5 Å². The third kappa shape index (κ3) is 5.54. The van der Waals surface area contributed by atoms with E-state index in [1.54, 1.807) is 35.9 Å². The van der Waals surface area contributed by atoms with Gasteiger partial charge in [-0.1, -0.05) is 35.5 Å². The molecule has 13 heteroatoms. The van der Waals surface area contributed by atoms with Gasteiger partial charge in [0, 0.05) is 18.3 Å². The predicted octanol–water partition coefficient (Wildman–Crippen LogP) is 5.90. The van der Waals surface area contributed by atoms with E-state index in [0.717, 1.165) is 11.8 Å². The van der Waals surface area contributed by atoms with Crippen LogP contribution < -0.4 is 5.32 Å². The van der Waals surface area contributed by atoms with Crippen LogP contribution in [0.5, 0.6) is 0 Å². The molecule has 0 aliphatic carbocycles. The first kappa shape index (κ1) is 23.9. The van der Waals surface area contributed by atoms with Crippen LogP contribution in [0.15, 0.2) is 47.6 Å². The lowest BCUT2D eigenvalue weighted by molar-refractivity contribution is -0.143. The van der Waals surface area contributed by atoms with Gasteiger partial charge in [-0.25, -0.2) is 0 Å². The van der Waals surface area contributed by atoms with Crippen LogP contribution in [-0.4, -0.2) is 26.4 Å². The molecule has 1 amide bonds. The number of hydrogen-bond acceptors (Lipinski definition) is 4. The number of rotatable bonds is 5. The van der Waals surface area contributed by atoms with E-state index in [1.165, 1.54) is 0 Å². The van der Waals surface area contributed by atoms with Gasteiger partial charge in [0.1, 0.15) is 0 Å². The number of nitrogens with zero attached hydrogens (tertiary/aromatic N) is 3. The monoisotopic (exact) mass is 494 g/mol. The van der Waals surface area contributed by atoms with E-state index < -0.39 is 35.1 Å². The summed E-state index contributed by atoms with van der Waals surface area (Å²) >= 11 is 7.04. The number of benzene rings is 2. The van der Waals surface area contributed by atoms with E-state index in [9.17, 15) is 31.1 Å². The molecule has 2 aromatic carbocycles. The third-order valence-corrected chi connectivity index (χ3v) is 5.50. The number of nitrogens with one attached hydrogen (secondary N) is 1. The smallest absolute Gasteiger partial charge is 0.325 e. The standard InChI is InChI=1S/C19H13ClF6N4OS/c1-30-16(13-4-2-3-5-14(13)20)28-29-17(30)32-9-15(31)27-12-7-10(18(21,22)23)6-11(8-12)19(24,25)26/h2-8H,9H2,1H3,(H,27,31). The van der Waals surface area contributed by atoms with Crippen molar-refractivity contribution in [2.24, 2.45) is 7.05 Å². The van der Waals surface area contributed by atoms with Crippen LogP contribution in [-0.2, 0) is 24.2 Å². The second kappa shape index (κ2) is 9.02. The molecule has 170 valence electrons. The fraction of sp³-hybridized carbons (Fsp3) is 0.211. The van der Waals surface area contributed by atoms with Gasteiger partial charge in [-0.15, -0.1) is 10.2 Å². The van der Waals surface area contributed by atoms with E-state index in [-0.39, 0.29) is 11.8 Å². The van der Waals surface area contributed by atoms with Crippen molar-refractivity contribution < 1.29 is 31.1 Å². The molecule has 0 aliphatic rings. The average molecular weight is 495 g/mol. The Balaban J connectivity index is 1.74. The van der Waals surface area contributed by atoms with Crippen molar-refractivity contribution in [1.82, 2.24) is 14.8 Å². The van der Waals surface area contributed by atoms with Crippen LogP contribution in [0.1, 0.15) is 11.1 Å². The van der Waals surface area contributed by atoms with Gasteiger partial charge in [0.15, 0.2) is 11.0 Å². The van der Waals surface area contributed by atoms with E-state index >= 15 is 0 Å². The largest absolute Gasteiger partial charge is 0.416 e. The Kier molecular flexibility index (Phi) is 6.75. The number of aromatic nitrogens is 3. The lowest BCUT2D eigenvalue weighted by Gasteiger charge is -2.14. The molecule has 0 saturated heterocycles. The van der Waals surface area contributed by atoms with Gasteiger partial charge in [0.25, 0.3) is 0 Å². The zero-order chi connectivity index (χ0) is 23.7. The van der Waals surface area contributed by atoms with Crippen LogP contribution >= 0.6 is 23.4 Å². The summed E-state index contributed by atoms with van der Waals surface area (Å²) < 4.78 is 79.2. The zero-order valence-corrected chi connectivity index (χ0v) is 17.6. The highest BCUT2D eigenvalue weighted by Crippen LogP contribution is 2.37. The number of anilines is 1. The molecule has 32 heavy (non-hydrogen) atoms. The summed E-state index contributed by atoms with van der Waals surface area (Å²) in [5.74, 6) is -0.720. The molecule has 1 heterocycles. The second-order valence-corrected chi connectivity index (χ2v) is 7.83. The number of carbonyl (C=O) groups is 1. The molecule has 1 aromatic heterocycles. The number of halogens is 7. The molecule has 3 aromatic rings. The van der Waals surface area contributed by atoms with Gasteiger partial charge < -0.3 is 9.88 Å². The van der Waals surface area contributed by atoms with E-state index in [2.05, 4.69) is 15.5 Å². The Hall–Kier alpha value is -2.73. The summed E-state index contributed by atoms with van der Waals surface area (Å²) in [5, 5.41) is 10.8. The quantitative estimate of drug-likeness (QED) is 0.354. The summed E-state index contributed by atoms with van der Waals surface area (Å²) in [6, 6.07) is 7.74. The lowest BCUT2D eigenvalue weighted by Crippen LogP contribution is -2.17. The summed E-state index contributed by atoms with van der Waals surface area (Å²) in [7, 11) is 1.63. The predicted molar refractivity (Wildman–Crippen MR) is 107 cm³/mol. The van der Waals surface area contributed by atoms with Crippen LogP contribution in [0, 0.1) is 0 Å². The number of amides is 1. The molecular weight excluding hydrogens is 482 g/mol. The van der Waals surface area contributed by atoms with Crippen LogP contribution in [0.3, 0.4) is 0 Å². The SMILES string of the molecule is Cn1c(SCC(=O)Nc2cc(C(F)(F)F)cc(C(F)(F)F)c2)nnc1-c1ccccc1Cl. The molecular formula is C19H13ClF6N4OS. The van der Waals surface area contributed by atoms with Gasteiger partial charge in [-0.05, 0) is 30.3 Å². The maximum Gasteiger partial charge on any atom is 0.416 e. The Morgan fingerprint density at radius 1 is 1.03 bits per heavy atom.